The van der Waals surface area contributed by atoms with Crippen molar-refractivity contribution in [3.63, 3.8) is 0 Å². The van der Waals surface area contributed by atoms with Crippen molar-refractivity contribution in [1.29, 1.82) is 0 Å². The third-order valence-electron chi connectivity index (χ3n) is 5.62. The van der Waals surface area contributed by atoms with Gasteiger partial charge in [-0.2, -0.15) is 4.31 Å². The van der Waals surface area contributed by atoms with E-state index in [1.54, 1.807) is 28.6 Å². The maximum Gasteiger partial charge on any atom is 0.253 e. The molecule has 2 saturated heterocycles. The van der Waals surface area contributed by atoms with Gasteiger partial charge in [0, 0.05) is 49.2 Å². The number of sulfonamides is 1. The lowest BCUT2D eigenvalue weighted by atomic mass is 9.95. The molecule has 10 heteroatoms. The van der Waals surface area contributed by atoms with Gasteiger partial charge < -0.3 is 10.2 Å². The monoisotopic (exact) mass is 448 g/mol. The molecule has 2 aromatic rings. The Morgan fingerprint density at radius 1 is 1.03 bits per heavy atom. The summed E-state index contributed by atoms with van der Waals surface area (Å²) in [6, 6.07) is 6.17. The number of nitrogens with zero attached hydrogens (tertiary/aromatic N) is 3. The Balaban J connectivity index is 1.34. The van der Waals surface area contributed by atoms with Gasteiger partial charge in [0.05, 0.1) is 4.90 Å². The molecule has 3 heterocycles. The number of nitrogens with one attached hydrogen (secondary N) is 1. The molecular formula is C20H24N4O4S2. The van der Waals surface area contributed by atoms with Crippen molar-refractivity contribution < 1.29 is 18.0 Å². The molecule has 2 aliphatic rings. The van der Waals surface area contributed by atoms with Crippen LogP contribution in [0.25, 0.3) is 0 Å². The lowest BCUT2D eigenvalue weighted by Crippen LogP contribution is -2.41. The zero-order valence-corrected chi connectivity index (χ0v) is 18.1. The highest BCUT2D eigenvalue weighted by Gasteiger charge is 2.30. The number of aromatic nitrogens is 1. The van der Waals surface area contributed by atoms with Crippen molar-refractivity contribution in [3.05, 3.63) is 41.4 Å². The minimum absolute atomic E-state index is 0.0616. The molecule has 2 aliphatic heterocycles. The lowest BCUT2D eigenvalue weighted by molar-refractivity contribution is -0.121. The summed E-state index contributed by atoms with van der Waals surface area (Å²) in [4.78, 5) is 31.2. The quantitative estimate of drug-likeness (QED) is 0.757. The number of hydrogen-bond acceptors (Lipinski definition) is 6. The highest BCUT2D eigenvalue weighted by molar-refractivity contribution is 7.89. The van der Waals surface area contributed by atoms with E-state index in [1.807, 2.05) is 0 Å². The predicted octanol–water partition coefficient (Wildman–Crippen LogP) is 2.42. The number of benzene rings is 1. The molecule has 0 radical (unpaired) electrons. The van der Waals surface area contributed by atoms with Crippen molar-refractivity contribution in [2.75, 3.05) is 31.5 Å². The minimum atomic E-state index is -3.48. The van der Waals surface area contributed by atoms with Gasteiger partial charge in [0.2, 0.25) is 15.9 Å². The van der Waals surface area contributed by atoms with Gasteiger partial charge in [-0.15, -0.1) is 11.3 Å². The van der Waals surface area contributed by atoms with Gasteiger partial charge in [-0.05, 0) is 49.9 Å². The van der Waals surface area contributed by atoms with Crippen LogP contribution < -0.4 is 5.32 Å². The summed E-state index contributed by atoms with van der Waals surface area (Å²) in [6.45, 7) is 2.08. The van der Waals surface area contributed by atoms with Crippen molar-refractivity contribution in [2.24, 2.45) is 5.92 Å². The van der Waals surface area contributed by atoms with E-state index in [0.717, 1.165) is 12.8 Å². The maximum atomic E-state index is 12.8. The molecule has 2 fully saturated rings. The van der Waals surface area contributed by atoms with Crippen LogP contribution in [-0.4, -0.2) is 60.6 Å². The molecular weight excluding hydrogens is 424 g/mol. The fourth-order valence-corrected chi connectivity index (χ4v) is 5.92. The van der Waals surface area contributed by atoms with E-state index in [2.05, 4.69) is 10.3 Å². The summed E-state index contributed by atoms with van der Waals surface area (Å²) in [7, 11) is -3.48. The molecule has 2 amide bonds. The van der Waals surface area contributed by atoms with Crippen LogP contribution in [0, 0.1) is 5.92 Å². The van der Waals surface area contributed by atoms with E-state index in [0.29, 0.717) is 49.7 Å². The molecule has 0 spiro atoms. The summed E-state index contributed by atoms with van der Waals surface area (Å²) in [5.41, 5.74) is 0.459. The van der Waals surface area contributed by atoms with Crippen LogP contribution >= 0.6 is 11.3 Å². The highest BCUT2D eigenvalue weighted by atomic mass is 32.2. The fraction of sp³-hybridized carbons (Fsp3) is 0.450. The number of hydrogen-bond donors (Lipinski definition) is 1. The zero-order valence-electron chi connectivity index (χ0n) is 16.5. The normalized spacial score (nSPS) is 18.5. The Kier molecular flexibility index (Phi) is 6.16. The summed E-state index contributed by atoms with van der Waals surface area (Å²) in [5, 5.41) is 5.20. The molecule has 0 bridgehead atoms. The first-order chi connectivity index (χ1) is 14.4. The SMILES string of the molecule is O=C(Nc1nccs1)C1CCN(C(=O)c2ccc(S(=O)(=O)N3CCCC3)cc2)CC1. The van der Waals surface area contributed by atoms with E-state index >= 15 is 0 Å². The molecule has 4 rings (SSSR count). The van der Waals surface area contributed by atoms with Gasteiger partial charge in [0.1, 0.15) is 0 Å². The van der Waals surface area contributed by atoms with Crippen molar-refractivity contribution in [1.82, 2.24) is 14.2 Å². The molecule has 0 unspecified atom stereocenters. The van der Waals surface area contributed by atoms with Gasteiger partial charge in [-0.25, -0.2) is 13.4 Å². The Bertz CT molecular complexity index is 992. The third-order valence-corrected chi connectivity index (χ3v) is 8.22. The van der Waals surface area contributed by atoms with Crippen LogP contribution in [0.2, 0.25) is 0 Å². The van der Waals surface area contributed by atoms with Gasteiger partial charge in [0.15, 0.2) is 5.13 Å². The molecule has 160 valence electrons. The van der Waals surface area contributed by atoms with Crippen molar-refractivity contribution >= 4 is 38.3 Å². The smallest absolute Gasteiger partial charge is 0.253 e. The van der Waals surface area contributed by atoms with Crippen LogP contribution in [0.1, 0.15) is 36.0 Å². The second kappa shape index (κ2) is 8.83. The second-order valence-corrected chi connectivity index (χ2v) is 10.4. The first-order valence-corrected chi connectivity index (χ1v) is 12.4. The van der Waals surface area contributed by atoms with Crippen LogP contribution in [0.4, 0.5) is 5.13 Å². The Labute approximate surface area is 180 Å². The Morgan fingerprint density at radius 3 is 2.30 bits per heavy atom. The molecule has 0 saturated carbocycles. The molecule has 0 aliphatic carbocycles. The average Bonchev–Trinajstić information content (AvgIpc) is 3.48. The van der Waals surface area contributed by atoms with Gasteiger partial charge in [-0.3, -0.25) is 9.59 Å². The van der Waals surface area contributed by atoms with E-state index in [9.17, 15) is 18.0 Å². The Morgan fingerprint density at radius 2 is 1.70 bits per heavy atom. The average molecular weight is 449 g/mol. The summed E-state index contributed by atoms with van der Waals surface area (Å²) < 4.78 is 26.7. The third kappa shape index (κ3) is 4.40. The summed E-state index contributed by atoms with van der Waals surface area (Å²) in [6.07, 6.45) is 4.58. The number of anilines is 1. The maximum absolute atomic E-state index is 12.8. The van der Waals surface area contributed by atoms with E-state index < -0.39 is 10.0 Å². The van der Waals surface area contributed by atoms with Gasteiger partial charge in [-0.1, -0.05) is 0 Å². The summed E-state index contributed by atoms with van der Waals surface area (Å²) in [5.74, 6) is -0.349. The van der Waals surface area contributed by atoms with Gasteiger partial charge >= 0.3 is 0 Å². The van der Waals surface area contributed by atoms with Crippen LogP contribution in [0.5, 0.6) is 0 Å². The minimum Gasteiger partial charge on any atom is -0.339 e. The highest BCUT2D eigenvalue weighted by Crippen LogP contribution is 2.24. The van der Waals surface area contributed by atoms with Crippen molar-refractivity contribution in [3.8, 4) is 0 Å². The lowest BCUT2D eigenvalue weighted by Gasteiger charge is -2.31. The number of rotatable bonds is 5. The number of carbonyl (C=O) groups is 2. The first-order valence-electron chi connectivity index (χ1n) is 10.0. The van der Waals surface area contributed by atoms with E-state index in [-0.39, 0.29) is 22.6 Å². The molecule has 30 heavy (non-hydrogen) atoms. The van der Waals surface area contributed by atoms with Crippen LogP contribution in [0.3, 0.4) is 0 Å². The first kappa shape index (κ1) is 21.0. The van der Waals surface area contributed by atoms with Crippen molar-refractivity contribution in [2.45, 2.75) is 30.6 Å². The Hall–Kier alpha value is -2.30. The second-order valence-electron chi connectivity index (χ2n) is 7.53. The molecule has 1 N–H and O–H groups in total. The number of amides is 2. The molecule has 1 aromatic carbocycles. The van der Waals surface area contributed by atoms with E-state index in [4.69, 9.17) is 0 Å². The van der Waals surface area contributed by atoms with Crippen LogP contribution in [-0.2, 0) is 14.8 Å². The summed E-state index contributed by atoms with van der Waals surface area (Å²) >= 11 is 1.38. The molecule has 8 nitrogen and oxygen atoms in total. The fourth-order valence-electron chi connectivity index (χ4n) is 3.87. The number of carbonyl (C=O) groups excluding carboxylic acids is 2. The molecule has 0 atom stereocenters. The standard InChI is InChI=1S/C20H24N4O4S2/c25-18(22-20-21-9-14-29-20)15-7-12-23(13-8-15)19(26)16-3-5-17(6-4-16)30(27,28)24-10-1-2-11-24/h3-6,9,14-15H,1-2,7-8,10-13H2,(H,21,22,25). The van der Waals surface area contributed by atoms with E-state index in [1.165, 1.54) is 27.8 Å². The topological polar surface area (TPSA) is 99.7 Å². The number of likely N-dealkylation sites (tertiary alicyclic amines) is 1. The number of piperidine rings is 1. The largest absolute Gasteiger partial charge is 0.339 e. The van der Waals surface area contributed by atoms with Crippen LogP contribution in [0.15, 0.2) is 40.7 Å². The number of thiazole rings is 1. The van der Waals surface area contributed by atoms with Gasteiger partial charge in [0.25, 0.3) is 5.91 Å². The predicted molar refractivity (Wildman–Crippen MR) is 114 cm³/mol. The molecule has 1 aromatic heterocycles. The zero-order chi connectivity index (χ0) is 21.1.